The Morgan fingerprint density at radius 3 is 2.72 bits per heavy atom. The number of imidazole rings is 1. The summed E-state index contributed by atoms with van der Waals surface area (Å²) < 4.78 is 40.5. The van der Waals surface area contributed by atoms with Gasteiger partial charge in [-0.15, -0.1) is 0 Å². The SMILES string of the molecule is CCc1nc2ccccn2c1C(=O)Nc1ccc(Cl)c(C(F)(F)F)c1. The molecular weight excluding hydrogens is 355 g/mol. The van der Waals surface area contributed by atoms with Crippen LogP contribution in [-0.2, 0) is 12.6 Å². The number of pyridine rings is 1. The Labute approximate surface area is 146 Å². The largest absolute Gasteiger partial charge is 0.417 e. The van der Waals surface area contributed by atoms with Gasteiger partial charge in [0.2, 0.25) is 0 Å². The summed E-state index contributed by atoms with van der Waals surface area (Å²) in [5.74, 6) is -0.536. The fraction of sp³-hybridized carbons (Fsp3) is 0.176. The number of hydrogen-bond acceptors (Lipinski definition) is 2. The van der Waals surface area contributed by atoms with E-state index in [0.717, 1.165) is 12.1 Å². The van der Waals surface area contributed by atoms with Crippen LogP contribution in [0.15, 0.2) is 42.6 Å². The van der Waals surface area contributed by atoms with Crippen molar-refractivity contribution < 1.29 is 18.0 Å². The highest BCUT2D eigenvalue weighted by atomic mass is 35.5. The summed E-state index contributed by atoms with van der Waals surface area (Å²) in [4.78, 5) is 17.0. The summed E-state index contributed by atoms with van der Waals surface area (Å²) in [6.45, 7) is 1.85. The average molecular weight is 368 g/mol. The number of aromatic nitrogens is 2. The maximum Gasteiger partial charge on any atom is 0.417 e. The molecule has 1 N–H and O–H groups in total. The van der Waals surface area contributed by atoms with Gasteiger partial charge in [0, 0.05) is 11.9 Å². The van der Waals surface area contributed by atoms with Crippen molar-refractivity contribution in [2.75, 3.05) is 5.32 Å². The molecule has 0 spiro atoms. The van der Waals surface area contributed by atoms with Gasteiger partial charge in [-0.25, -0.2) is 4.98 Å². The molecule has 0 aliphatic rings. The molecule has 25 heavy (non-hydrogen) atoms. The zero-order chi connectivity index (χ0) is 18.2. The number of alkyl halides is 3. The van der Waals surface area contributed by atoms with E-state index in [1.165, 1.54) is 6.07 Å². The number of carbonyl (C=O) groups is 1. The highest BCUT2D eigenvalue weighted by Crippen LogP contribution is 2.36. The van der Waals surface area contributed by atoms with Gasteiger partial charge in [-0.05, 0) is 36.8 Å². The Balaban J connectivity index is 1.99. The van der Waals surface area contributed by atoms with Crippen molar-refractivity contribution >= 4 is 28.8 Å². The Bertz CT molecular complexity index is 950. The Morgan fingerprint density at radius 1 is 1.28 bits per heavy atom. The maximum absolute atomic E-state index is 13.0. The van der Waals surface area contributed by atoms with Crippen LogP contribution in [0.4, 0.5) is 18.9 Å². The standard InChI is InChI=1S/C17H13ClF3N3O/c1-2-13-15(24-8-4-3-5-14(24)23-13)16(25)22-10-6-7-12(18)11(9-10)17(19,20)21/h3-9H,2H2,1H3,(H,22,25). The van der Waals surface area contributed by atoms with Gasteiger partial charge in [0.25, 0.3) is 5.91 Å². The minimum absolute atomic E-state index is 0.00894. The van der Waals surface area contributed by atoms with Crippen LogP contribution in [0.25, 0.3) is 5.65 Å². The van der Waals surface area contributed by atoms with Crippen LogP contribution < -0.4 is 5.32 Å². The molecule has 8 heteroatoms. The number of anilines is 1. The van der Waals surface area contributed by atoms with Crippen LogP contribution in [-0.4, -0.2) is 15.3 Å². The number of aryl methyl sites for hydroxylation is 1. The summed E-state index contributed by atoms with van der Waals surface area (Å²) in [5, 5.41) is 2.07. The molecule has 0 radical (unpaired) electrons. The molecular formula is C17H13ClF3N3O. The van der Waals surface area contributed by atoms with Crippen molar-refractivity contribution in [3.8, 4) is 0 Å². The smallest absolute Gasteiger partial charge is 0.321 e. The molecule has 1 amide bonds. The minimum atomic E-state index is -4.60. The topological polar surface area (TPSA) is 46.4 Å². The van der Waals surface area contributed by atoms with E-state index < -0.39 is 22.7 Å². The summed E-state index contributed by atoms with van der Waals surface area (Å²) in [6.07, 6.45) is -2.41. The van der Waals surface area contributed by atoms with E-state index in [-0.39, 0.29) is 5.69 Å². The lowest BCUT2D eigenvalue weighted by molar-refractivity contribution is -0.137. The van der Waals surface area contributed by atoms with Gasteiger partial charge in [-0.3, -0.25) is 9.20 Å². The van der Waals surface area contributed by atoms with E-state index in [1.54, 1.807) is 28.8 Å². The molecule has 4 nitrogen and oxygen atoms in total. The number of nitrogens with one attached hydrogen (secondary N) is 1. The van der Waals surface area contributed by atoms with Crippen molar-refractivity contribution in [2.45, 2.75) is 19.5 Å². The minimum Gasteiger partial charge on any atom is -0.321 e. The van der Waals surface area contributed by atoms with Crippen molar-refractivity contribution in [1.82, 2.24) is 9.38 Å². The van der Waals surface area contributed by atoms with Crippen LogP contribution in [0.1, 0.15) is 28.7 Å². The van der Waals surface area contributed by atoms with Crippen LogP contribution in [0.2, 0.25) is 5.02 Å². The third-order valence-corrected chi connectivity index (χ3v) is 4.01. The number of nitrogens with zero attached hydrogens (tertiary/aromatic N) is 2. The summed E-state index contributed by atoms with van der Waals surface area (Å²) >= 11 is 5.60. The zero-order valence-corrected chi connectivity index (χ0v) is 13.8. The van der Waals surface area contributed by atoms with Crippen LogP contribution in [0.5, 0.6) is 0 Å². The second-order valence-corrected chi connectivity index (χ2v) is 5.74. The summed E-state index contributed by atoms with van der Waals surface area (Å²) in [6, 6.07) is 8.53. The molecule has 1 aromatic carbocycles. The molecule has 0 fully saturated rings. The second-order valence-electron chi connectivity index (χ2n) is 5.34. The predicted octanol–water partition coefficient (Wildman–Crippen LogP) is 4.82. The van der Waals surface area contributed by atoms with Gasteiger partial charge in [0.15, 0.2) is 0 Å². The van der Waals surface area contributed by atoms with Crippen molar-refractivity contribution in [2.24, 2.45) is 0 Å². The fourth-order valence-electron chi connectivity index (χ4n) is 2.54. The van der Waals surface area contributed by atoms with Crippen LogP contribution in [0, 0.1) is 0 Å². The summed E-state index contributed by atoms with van der Waals surface area (Å²) in [7, 11) is 0. The van der Waals surface area contributed by atoms with E-state index in [9.17, 15) is 18.0 Å². The molecule has 3 aromatic rings. The molecule has 2 heterocycles. The van der Waals surface area contributed by atoms with Crippen LogP contribution >= 0.6 is 11.6 Å². The molecule has 0 bridgehead atoms. The first-order valence-electron chi connectivity index (χ1n) is 7.45. The van der Waals surface area contributed by atoms with E-state index >= 15 is 0 Å². The Morgan fingerprint density at radius 2 is 2.04 bits per heavy atom. The highest BCUT2D eigenvalue weighted by Gasteiger charge is 2.33. The number of benzene rings is 1. The molecule has 0 atom stereocenters. The van der Waals surface area contributed by atoms with Crippen molar-refractivity contribution in [3.63, 3.8) is 0 Å². The first-order valence-corrected chi connectivity index (χ1v) is 7.83. The lowest BCUT2D eigenvalue weighted by Gasteiger charge is -2.12. The van der Waals surface area contributed by atoms with Gasteiger partial charge >= 0.3 is 6.18 Å². The molecule has 130 valence electrons. The van der Waals surface area contributed by atoms with Crippen LogP contribution in [0.3, 0.4) is 0 Å². The molecule has 0 saturated carbocycles. The predicted molar refractivity (Wildman–Crippen MR) is 89.0 cm³/mol. The number of hydrogen-bond donors (Lipinski definition) is 1. The monoisotopic (exact) mass is 367 g/mol. The number of rotatable bonds is 3. The molecule has 0 aliphatic carbocycles. The first kappa shape index (κ1) is 17.3. The molecule has 0 aliphatic heterocycles. The molecule has 3 rings (SSSR count). The maximum atomic E-state index is 13.0. The van der Waals surface area contributed by atoms with Crippen molar-refractivity contribution in [1.29, 1.82) is 0 Å². The summed E-state index contributed by atoms with van der Waals surface area (Å²) in [5.41, 5.74) is 0.461. The molecule has 0 saturated heterocycles. The fourth-order valence-corrected chi connectivity index (χ4v) is 2.77. The number of carbonyl (C=O) groups excluding carboxylic acids is 1. The average Bonchev–Trinajstić information content (AvgIpc) is 2.94. The normalized spacial score (nSPS) is 11.7. The van der Waals surface area contributed by atoms with Gasteiger partial charge in [-0.1, -0.05) is 24.6 Å². The number of amides is 1. The molecule has 2 aromatic heterocycles. The third kappa shape index (κ3) is 3.32. The second kappa shape index (κ2) is 6.40. The van der Waals surface area contributed by atoms with Gasteiger partial charge in [-0.2, -0.15) is 13.2 Å². The van der Waals surface area contributed by atoms with E-state index in [2.05, 4.69) is 10.3 Å². The number of fused-ring (bicyclic) bond motifs is 1. The highest BCUT2D eigenvalue weighted by molar-refractivity contribution is 6.31. The van der Waals surface area contributed by atoms with E-state index in [0.29, 0.717) is 23.5 Å². The van der Waals surface area contributed by atoms with E-state index in [1.807, 2.05) is 6.92 Å². The van der Waals surface area contributed by atoms with Gasteiger partial charge < -0.3 is 5.32 Å². The first-order chi connectivity index (χ1) is 11.8. The zero-order valence-electron chi connectivity index (χ0n) is 13.1. The van der Waals surface area contributed by atoms with Gasteiger partial charge in [0.05, 0.1) is 16.3 Å². The quantitative estimate of drug-likeness (QED) is 0.721. The third-order valence-electron chi connectivity index (χ3n) is 3.68. The van der Waals surface area contributed by atoms with Gasteiger partial charge in [0.1, 0.15) is 11.3 Å². The Hall–Kier alpha value is -2.54. The number of halogens is 4. The van der Waals surface area contributed by atoms with Crippen molar-refractivity contribution in [3.05, 3.63) is 64.6 Å². The Kier molecular flexibility index (Phi) is 4.43. The lowest BCUT2D eigenvalue weighted by Crippen LogP contribution is -2.17. The molecule has 0 unspecified atom stereocenters. The van der Waals surface area contributed by atoms with E-state index in [4.69, 9.17) is 11.6 Å². The lowest BCUT2D eigenvalue weighted by atomic mass is 10.2.